The molecule has 0 aliphatic heterocycles. The molecule has 3 heteroatoms. The summed E-state index contributed by atoms with van der Waals surface area (Å²) in [6.45, 7) is 2.30. The summed E-state index contributed by atoms with van der Waals surface area (Å²) in [6.07, 6.45) is 6.34. The molecule has 0 aromatic carbocycles. The van der Waals surface area contributed by atoms with Gasteiger partial charge in [0, 0.05) is 10.3 Å². The molecule has 3 atom stereocenters. The van der Waals surface area contributed by atoms with E-state index in [1.54, 1.807) is 0 Å². The van der Waals surface area contributed by atoms with Crippen molar-refractivity contribution in [1.82, 2.24) is 0 Å². The monoisotopic (exact) mass is 320 g/mol. The van der Waals surface area contributed by atoms with Crippen LogP contribution in [0.15, 0.2) is 15.9 Å². The quantitative estimate of drug-likeness (QED) is 0.646. The van der Waals surface area contributed by atoms with Crippen LogP contribution in [0, 0.1) is 11.8 Å². The molecular weight excluding hydrogens is 304 g/mol. The van der Waals surface area contributed by atoms with Crippen LogP contribution in [-0.2, 0) is 6.42 Å². The standard InChI is InChI=1S/C13H18BrClS/c1-2-9-3-5-12(15)10(7-9)8-11-4-6-13(14)16-11/h4,6,9-10,12H,2-3,5,7-8H2,1H3. The smallest absolute Gasteiger partial charge is 0.0701 e. The van der Waals surface area contributed by atoms with Gasteiger partial charge in [0.2, 0.25) is 0 Å². The first kappa shape index (κ1) is 12.9. The molecule has 1 saturated carbocycles. The van der Waals surface area contributed by atoms with E-state index in [-0.39, 0.29) is 0 Å². The molecule has 0 amide bonds. The molecule has 0 N–H and O–H groups in total. The van der Waals surface area contributed by atoms with Gasteiger partial charge in [-0.15, -0.1) is 22.9 Å². The second kappa shape index (κ2) is 5.88. The van der Waals surface area contributed by atoms with Crippen molar-refractivity contribution in [2.24, 2.45) is 11.8 Å². The van der Waals surface area contributed by atoms with Gasteiger partial charge in [-0.25, -0.2) is 0 Å². The fourth-order valence-corrected chi connectivity index (χ4v) is 4.52. The Bertz CT molecular complexity index is 336. The van der Waals surface area contributed by atoms with Crippen LogP contribution in [0.3, 0.4) is 0 Å². The Labute approximate surface area is 116 Å². The Kier molecular flexibility index (Phi) is 4.75. The summed E-state index contributed by atoms with van der Waals surface area (Å²) < 4.78 is 1.23. The lowest BCUT2D eigenvalue weighted by atomic mass is 9.78. The second-order valence-corrected chi connectivity index (χ2v) is 7.88. The Balaban J connectivity index is 1.96. The summed E-state index contributed by atoms with van der Waals surface area (Å²) in [5, 5.41) is 0.392. The van der Waals surface area contributed by atoms with E-state index in [4.69, 9.17) is 11.6 Å². The highest BCUT2D eigenvalue weighted by Gasteiger charge is 2.28. The average molecular weight is 322 g/mol. The third kappa shape index (κ3) is 3.24. The maximum atomic E-state index is 6.45. The van der Waals surface area contributed by atoms with Crippen LogP contribution in [0.5, 0.6) is 0 Å². The SMILES string of the molecule is CCC1CCC(Cl)C(Cc2ccc(Br)s2)C1. The predicted octanol–water partition coefficient (Wildman–Crippen LogP) is 5.49. The first-order valence-corrected chi connectivity index (χ1v) is 8.12. The molecule has 1 aliphatic carbocycles. The zero-order chi connectivity index (χ0) is 11.5. The molecule has 2 rings (SSSR count). The Morgan fingerprint density at radius 1 is 1.44 bits per heavy atom. The zero-order valence-corrected chi connectivity index (χ0v) is 12.7. The maximum absolute atomic E-state index is 6.45. The predicted molar refractivity (Wildman–Crippen MR) is 76.5 cm³/mol. The van der Waals surface area contributed by atoms with Crippen molar-refractivity contribution in [2.75, 3.05) is 0 Å². The van der Waals surface area contributed by atoms with Crippen molar-refractivity contribution >= 4 is 38.9 Å². The molecular formula is C13H18BrClS. The molecule has 0 spiro atoms. The summed E-state index contributed by atoms with van der Waals surface area (Å²) >= 11 is 11.8. The molecule has 90 valence electrons. The number of thiophene rings is 1. The number of alkyl halides is 1. The van der Waals surface area contributed by atoms with Crippen molar-refractivity contribution in [2.45, 2.75) is 44.4 Å². The van der Waals surface area contributed by atoms with Crippen LogP contribution in [0.25, 0.3) is 0 Å². The highest BCUT2D eigenvalue weighted by molar-refractivity contribution is 9.11. The van der Waals surface area contributed by atoms with Crippen LogP contribution in [0.2, 0.25) is 0 Å². The molecule has 0 radical (unpaired) electrons. The molecule has 3 unspecified atom stereocenters. The third-order valence-corrected chi connectivity index (χ3v) is 5.89. The summed E-state index contributed by atoms with van der Waals surface area (Å²) in [6, 6.07) is 4.37. The zero-order valence-electron chi connectivity index (χ0n) is 9.59. The van der Waals surface area contributed by atoms with E-state index in [1.807, 2.05) is 11.3 Å². The van der Waals surface area contributed by atoms with E-state index in [2.05, 4.69) is 35.0 Å². The van der Waals surface area contributed by atoms with E-state index in [0.717, 1.165) is 5.92 Å². The van der Waals surface area contributed by atoms with Gasteiger partial charge >= 0.3 is 0 Å². The first-order valence-electron chi connectivity index (χ1n) is 6.07. The highest BCUT2D eigenvalue weighted by Crippen LogP contribution is 2.37. The molecule has 1 aliphatic rings. The molecule has 1 aromatic rings. The van der Waals surface area contributed by atoms with Gasteiger partial charge in [0.15, 0.2) is 0 Å². The number of hydrogen-bond acceptors (Lipinski definition) is 1. The summed E-state index contributed by atoms with van der Waals surface area (Å²) in [4.78, 5) is 1.47. The van der Waals surface area contributed by atoms with Gasteiger partial charge < -0.3 is 0 Å². The van der Waals surface area contributed by atoms with E-state index in [1.165, 1.54) is 40.8 Å². The van der Waals surface area contributed by atoms with E-state index in [9.17, 15) is 0 Å². The van der Waals surface area contributed by atoms with E-state index >= 15 is 0 Å². The first-order chi connectivity index (χ1) is 7.69. The van der Waals surface area contributed by atoms with Crippen molar-refractivity contribution in [3.05, 3.63) is 20.8 Å². The number of hydrogen-bond donors (Lipinski definition) is 0. The van der Waals surface area contributed by atoms with Crippen LogP contribution >= 0.6 is 38.9 Å². The van der Waals surface area contributed by atoms with Crippen LogP contribution in [-0.4, -0.2) is 5.38 Å². The van der Waals surface area contributed by atoms with Crippen molar-refractivity contribution in [1.29, 1.82) is 0 Å². The fraction of sp³-hybridized carbons (Fsp3) is 0.692. The van der Waals surface area contributed by atoms with Gasteiger partial charge in [-0.2, -0.15) is 0 Å². The summed E-state index contributed by atoms with van der Waals surface area (Å²) in [5.74, 6) is 1.59. The Hall–Kier alpha value is 0.470. The van der Waals surface area contributed by atoms with E-state index in [0.29, 0.717) is 11.3 Å². The molecule has 0 bridgehead atoms. The Morgan fingerprint density at radius 2 is 2.25 bits per heavy atom. The van der Waals surface area contributed by atoms with Gasteiger partial charge in [-0.3, -0.25) is 0 Å². The molecule has 1 fully saturated rings. The minimum Gasteiger partial charge on any atom is -0.133 e. The van der Waals surface area contributed by atoms with Crippen LogP contribution < -0.4 is 0 Å². The van der Waals surface area contributed by atoms with E-state index < -0.39 is 0 Å². The maximum Gasteiger partial charge on any atom is 0.0701 e. The lowest BCUT2D eigenvalue weighted by Crippen LogP contribution is -2.26. The second-order valence-electron chi connectivity index (χ2n) is 4.77. The highest BCUT2D eigenvalue weighted by atomic mass is 79.9. The lowest BCUT2D eigenvalue weighted by Gasteiger charge is -2.32. The lowest BCUT2D eigenvalue weighted by molar-refractivity contribution is 0.265. The molecule has 0 nitrogen and oxygen atoms in total. The van der Waals surface area contributed by atoms with Crippen molar-refractivity contribution in [3.8, 4) is 0 Å². The van der Waals surface area contributed by atoms with Gasteiger partial charge in [-0.05, 0) is 65.6 Å². The van der Waals surface area contributed by atoms with Gasteiger partial charge in [-0.1, -0.05) is 13.3 Å². The topological polar surface area (TPSA) is 0 Å². The Morgan fingerprint density at radius 3 is 2.88 bits per heavy atom. The van der Waals surface area contributed by atoms with Gasteiger partial charge in [0.1, 0.15) is 0 Å². The largest absolute Gasteiger partial charge is 0.133 e. The average Bonchev–Trinajstić information content (AvgIpc) is 2.67. The summed E-state index contributed by atoms with van der Waals surface area (Å²) in [7, 11) is 0. The van der Waals surface area contributed by atoms with Crippen LogP contribution in [0.4, 0.5) is 0 Å². The fourth-order valence-electron chi connectivity index (χ4n) is 2.63. The minimum absolute atomic E-state index is 0.392. The van der Waals surface area contributed by atoms with Gasteiger partial charge in [0.25, 0.3) is 0 Å². The number of halogens is 2. The third-order valence-electron chi connectivity index (χ3n) is 3.67. The van der Waals surface area contributed by atoms with Gasteiger partial charge in [0.05, 0.1) is 3.79 Å². The molecule has 1 heterocycles. The molecule has 0 saturated heterocycles. The van der Waals surface area contributed by atoms with Crippen molar-refractivity contribution in [3.63, 3.8) is 0 Å². The van der Waals surface area contributed by atoms with Crippen LogP contribution in [0.1, 0.15) is 37.5 Å². The molecule has 16 heavy (non-hydrogen) atoms. The molecule has 1 aromatic heterocycles. The summed E-state index contributed by atoms with van der Waals surface area (Å²) in [5.41, 5.74) is 0. The van der Waals surface area contributed by atoms with Crippen molar-refractivity contribution < 1.29 is 0 Å². The number of rotatable bonds is 3. The normalized spacial score (nSPS) is 30.6. The minimum atomic E-state index is 0.392.